The number of hydrogen-bond acceptors (Lipinski definition) is 2. The van der Waals surface area contributed by atoms with Crippen LogP contribution in [0.1, 0.15) is 26.3 Å². The Morgan fingerprint density at radius 2 is 2.42 bits per heavy atom. The van der Waals surface area contributed by atoms with Crippen molar-refractivity contribution >= 4 is 12.0 Å². The third-order valence-electron chi connectivity index (χ3n) is 2.30. The average Bonchev–Trinajstić information content (AvgIpc) is 2.49. The van der Waals surface area contributed by atoms with Gasteiger partial charge in [-0.2, -0.15) is 5.10 Å². The van der Waals surface area contributed by atoms with Crippen LogP contribution >= 0.6 is 0 Å². The molecule has 0 radical (unpaired) electrons. The molecule has 64 valence electrons. The van der Waals surface area contributed by atoms with Gasteiger partial charge in [0.1, 0.15) is 5.82 Å². The van der Waals surface area contributed by atoms with Crippen LogP contribution in [0.3, 0.4) is 0 Å². The summed E-state index contributed by atoms with van der Waals surface area (Å²) in [4.78, 5) is 4.26. The lowest BCUT2D eigenvalue weighted by Gasteiger charge is -2.23. The van der Waals surface area contributed by atoms with E-state index in [1.54, 1.807) is 0 Å². The predicted molar refractivity (Wildman–Crippen MR) is 48.9 cm³/mol. The van der Waals surface area contributed by atoms with E-state index in [-0.39, 0.29) is 0 Å². The number of aromatic nitrogens is 2. The molecule has 0 saturated carbocycles. The van der Waals surface area contributed by atoms with Crippen molar-refractivity contribution in [2.24, 2.45) is 10.9 Å². The molecule has 0 saturated heterocycles. The molecular weight excluding hydrogens is 150 g/mol. The molecule has 1 aromatic heterocycles. The number of hydrogen-bond donors (Lipinski definition) is 0. The van der Waals surface area contributed by atoms with Crippen molar-refractivity contribution in [2.45, 2.75) is 26.3 Å². The van der Waals surface area contributed by atoms with Crippen molar-refractivity contribution in [1.82, 2.24) is 9.78 Å². The summed E-state index contributed by atoms with van der Waals surface area (Å²) in [6.45, 7) is 4.44. The summed E-state index contributed by atoms with van der Waals surface area (Å²) in [7, 11) is 0. The second-order valence-electron chi connectivity index (χ2n) is 3.49. The van der Waals surface area contributed by atoms with Crippen LogP contribution in [-0.4, -0.2) is 16.0 Å². The monoisotopic (exact) mass is 163 g/mol. The Morgan fingerprint density at radius 1 is 1.58 bits per heavy atom. The molecule has 0 spiro atoms. The average molecular weight is 163 g/mol. The fourth-order valence-corrected chi connectivity index (χ4v) is 1.57. The highest BCUT2D eigenvalue weighted by molar-refractivity contribution is 5.64. The van der Waals surface area contributed by atoms with E-state index in [0.717, 1.165) is 12.2 Å². The topological polar surface area (TPSA) is 30.2 Å². The molecule has 12 heavy (non-hydrogen) atoms. The Labute approximate surface area is 72.1 Å². The Hall–Kier alpha value is -1.12. The van der Waals surface area contributed by atoms with Gasteiger partial charge in [0, 0.05) is 18.7 Å². The fourth-order valence-electron chi connectivity index (χ4n) is 1.57. The van der Waals surface area contributed by atoms with E-state index >= 15 is 0 Å². The molecule has 0 fully saturated rings. The smallest absolute Gasteiger partial charge is 0.150 e. The van der Waals surface area contributed by atoms with Gasteiger partial charge in [0.15, 0.2) is 0 Å². The lowest BCUT2D eigenvalue weighted by Crippen LogP contribution is -2.19. The van der Waals surface area contributed by atoms with Gasteiger partial charge in [-0.15, -0.1) is 0 Å². The molecular formula is C9H13N3. The maximum Gasteiger partial charge on any atom is 0.150 e. The van der Waals surface area contributed by atoms with E-state index in [4.69, 9.17) is 0 Å². The number of aliphatic imine (C=N–C) groups is 1. The Morgan fingerprint density at radius 3 is 3.17 bits per heavy atom. The molecule has 1 aliphatic rings. The van der Waals surface area contributed by atoms with E-state index in [1.807, 2.05) is 23.2 Å². The first kappa shape index (κ1) is 7.53. The summed E-state index contributed by atoms with van der Waals surface area (Å²) in [6, 6.07) is 2.44. The zero-order chi connectivity index (χ0) is 8.55. The van der Waals surface area contributed by atoms with Crippen LogP contribution < -0.4 is 0 Å². The quantitative estimate of drug-likeness (QED) is 0.624. The van der Waals surface area contributed by atoms with Gasteiger partial charge in [0.2, 0.25) is 0 Å². The van der Waals surface area contributed by atoms with Crippen LogP contribution in [0.2, 0.25) is 0 Å². The highest BCUT2D eigenvalue weighted by Gasteiger charge is 2.20. The van der Waals surface area contributed by atoms with Crippen molar-refractivity contribution < 1.29 is 0 Å². The van der Waals surface area contributed by atoms with Gasteiger partial charge in [-0.1, -0.05) is 13.8 Å². The first-order chi connectivity index (χ1) is 5.79. The molecule has 3 nitrogen and oxygen atoms in total. The molecule has 0 bridgehead atoms. The van der Waals surface area contributed by atoms with Crippen LogP contribution in [0.4, 0.5) is 5.82 Å². The Kier molecular flexibility index (Phi) is 1.71. The number of rotatable bonds is 1. The second kappa shape index (κ2) is 2.73. The van der Waals surface area contributed by atoms with Gasteiger partial charge >= 0.3 is 0 Å². The van der Waals surface area contributed by atoms with E-state index in [0.29, 0.717) is 12.0 Å². The Bertz CT molecular complexity index is 298. The second-order valence-corrected chi connectivity index (χ2v) is 3.49. The van der Waals surface area contributed by atoms with Crippen molar-refractivity contribution in [3.63, 3.8) is 0 Å². The van der Waals surface area contributed by atoms with Gasteiger partial charge in [0.25, 0.3) is 0 Å². The molecule has 1 aromatic rings. The highest BCUT2D eigenvalue weighted by Crippen LogP contribution is 2.28. The lowest BCUT2D eigenvalue weighted by molar-refractivity contribution is 0.356. The minimum absolute atomic E-state index is 0.493. The maximum absolute atomic E-state index is 4.26. The molecule has 1 unspecified atom stereocenters. The maximum atomic E-state index is 4.26. The van der Waals surface area contributed by atoms with Crippen LogP contribution in [0.5, 0.6) is 0 Å². The minimum Gasteiger partial charge on any atom is -0.244 e. The first-order valence-electron chi connectivity index (χ1n) is 4.35. The minimum atomic E-state index is 0.493. The number of nitrogens with zero attached hydrogens (tertiary/aromatic N) is 3. The van der Waals surface area contributed by atoms with Gasteiger partial charge in [-0.3, -0.25) is 0 Å². The van der Waals surface area contributed by atoms with Crippen molar-refractivity contribution in [2.75, 3.05) is 0 Å². The van der Waals surface area contributed by atoms with E-state index in [9.17, 15) is 0 Å². The summed E-state index contributed by atoms with van der Waals surface area (Å²) in [5.74, 6) is 1.61. The van der Waals surface area contributed by atoms with Crippen LogP contribution in [0.25, 0.3) is 0 Å². The zero-order valence-corrected chi connectivity index (χ0v) is 7.44. The van der Waals surface area contributed by atoms with Gasteiger partial charge in [0.05, 0.1) is 12.2 Å². The van der Waals surface area contributed by atoms with Crippen molar-refractivity contribution in [1.29, 1.82) is 0 Å². The normalized spacial score (nSPS) is 21.4. The fraction of sp³-hybridized carbons (Fsp3) is 0.556. The third kappa shape index (κ3) is 1.05. The van der Waals surface area contributed by atoms with Gasteiger partial charge in [-0.05, 0) is 5.92 Å². The molecule has 0 aliphatic carbocycles. The summed E-state index contributed by atoms with van der Waals surface area (Å²) in [5.41, 5.74) is 0. The molecule has 0 amide bonds. The molecule has 0 aromatic carbocycles. The lowest BCUT2D eigenvalue weighted by atomic mass is 10.0. The summed E-state index contributed by atoms with van der Waals surface area (Å²) >= 11 is 0. The first-order valence-corrected chi connectivity index (χ1v) is 4.35. The molecule has 2 heterocycles. The molecule has 0 N–H and O–H groups in total. The van der Waals surface area contributed by atoms with Crippen LogP contribution in [0, 0.1) is 5.92 Å². The van der Waals surface area contributed by atoms with Gasteiger partial charge < -0.3 is 0 Å². The summed E-state index contributed by atoms with van der Waals surface area (Å²) in [6.07, 6.45) is 4.81. The van der Waals surface area contributed by atoms with E-state index in [1.165, 1.54) is 0 Å². The molecule has 1 atom stereocenters. The molecule has 2 rings (SSSR count). The zero-order valence-electron chi connectivity index (χ0n) is 7.44. The summed E-state index contributed by atoms with van der Waals surface area (Å²) in [5, 5.41) is 4.26. The third-order valence-corrected chi connectivity index (χ3v) is 2.30. The molecule has 3 heteroatoms. The van der Waals surface area contributed by atoms with Crippen LogP contribution in [-0.2, 0) is 0 Å². The molecule has 1 aliphatic heterocycles. The standard InChI is InChI=1S/C9H13N3/c1-7(2)8-3-5-10-9-4-6-11-12(8)9/h4-8H,3H2,1-2H3. The van der Waals surface area contributed by atoms with Crippen LogP contribution in [0.15, 0.2) is 17.3 Å². The summed E-state index contributed by atoms with van der Waals surface area (Å²) < 4.78 is 2.02. The van der Waals surface area contributed by atoms with E-state index in [2.05, 4.69) is 23.9 Å². The SMILES string of the molecule is CC(C)C1CC=Nc2ccnn21. The predicted octanol–water partition coefficient (Wildman–Crippen LogP) is 2.19. The van der Waals surface area contributed by atoms with Crippen molar-refractivity contribution in [3.8, 4) is 0 Å². The van der Waals surface area contributed by atoms with E-state index < -0.39 is 0 Å². The highest BCUT2D eigenvalue weighted by atomic mass is 15.3. The van der Waals surface area contributed by atoms with Crippen molar-refractivity contribution in [3.05, 3.63) is 12.3 Å². The number of fused-ring (bicyclic) bond motifs is 1. The largest absolute Gasteiger partial charge is 0.244 e. The van der Waals surface area contributed by atoms with Gasteiger partial charge in [-0.25, -0.2) is 9.67 Å². The Balaban J connectivity index is 2.38.